The van der Waals surface area contributed by atoms with Gasteiger partial charge in [-0.05, 0) is 25.8 Å². The van der Waals surface area contributed by atoms with Crippen molar-refractivity contribution in [2.24, 2.45) is 5.92 Å². The second-order valence-corrected chi connectivity index (χ2v) is 6.28. The highest BCUT2D eigenvalue weighted by Crippen LogP contribution is 2.28. The Balaban J connectivity index is 2.83. The Morgan fingerprint density at radius 3 is 2.35 bits per heavy atom. The summed E-state index contributed by atoms with van der Waals surface area (Å²) in [5, 5.41) is 4.64. The Morgan fingerprint density at radius 1 is 1.15 bits per heavy atom. The number of thiazole rings is 1. The molecule has 20 heavy (non-hydrogen) atoms. The minimum absolute atomic E-state index is 0.779. The van der Waals surface area contributed by atoms with Crippen LogP contribution in [0.25, 0.3) is 0 Å². The molecule has 0 radical (unpaired) electrons. The second-order valence-electron chi connectivity index (χ2n) is 5.22. The average molecular weight is 298 g/mol. The first kappa shape index (κ1) is 17.4. The third kappa shape index (κ3) is 4.74. The molecule has 0 atom stereocenters. The zero-order valence-corrected chi connectivity index (χ0v) is 14.6. The molecule has 1 aromatic heterocycles. The number of hydrogen-bond donors (Lipinski definition) is 1. The smallest absolute Gasteiger partial charge is 0.185 e. The molecule has 0 aliphatic carbocycles. The van der Waals surface area contributed by atoms with Crippen molar-refractivity contribution in [1.82, 2.24) is 10.3 Å². The van der Waals surface area contributed by atoms with Crippen molar-refractivity contribution in [2.45, 2.75) is 60.4 Å². The molecule has 0 spiro atoms. The maximum absolute atomic E-state index is 4.88. The van der Waals surface area contributed by atoms with Gasteiger partial charge in [-0.3, -0.25) is 0 Å². The fourth-order valence-electron chi connectivity index (χ4n) is 2.36. The van der Waals surface area contributed by atoms with Gasteiger partial charge in [-0.15, -0.1) is 11.3 Å². The first-order valence-corrected chi connectivity index (χ1v) is 8.95. The van der Waals surface area contributed by atoms with E-state index < -0.39 is 0 Å². The van der Waals surface area contributed by atoms with Crippen LogP contribution in [0.4, 0.5) is 5.13 Å². The summed E-state index contributed by atoms with van der Waals surface area (Å²) in [5.74, 6) is 0.779. The lowest BCUT2D eigenvalue weighted by molar-refractivity contribution is 0.485. The molecule has 4 heteroatoms. The van der Waals surface area contributed by atoms with E-state index in [1.54, 1.807) is 0 Å². The molecule has 0 fully saturated rings. The molecular formula is C16H31N3S. The summed E-state index contributed by atoms with van der Waals surface area (Å²) in [5.41, 5.74) is 1.27. The van der Waals surface area contributed by atoms with Crippen molar-refractivity contribution in [3.8, 4) is 0 Å². The van der Waals surface area contributed by atoms with Crippen LogP contribution in [-0.4, -0.2) is 24.6 Å². The number of aromatic nitrogens is 1. The van der Waals surface area contributed by atoms with Gasteiger partial charge in [-0.1, -0.05) is 40.5 Å². The number of aryl methyl sites for hydroxylation is 1. The van der Waals surface area contributed by atoms with E-state index >= 15 is 0 Å². The van der Waals surface area contributed by atoms with Gasteiger partial charge in [0.05, 0.1) is 5.69 Å². The summed E-state index contributed by atoms with van der Waals surface area (Å²) >= 11 is 1.87. The zero-order chi connectivity index (χ0) is 15.0. The molecule has 1 aromatic rings. The molecule has 0 aliphatic rings. The van der Waals surface area contributed by atoms with Gasteiger partial charge < -0.3 is 10.2 Å². The minimum Gasteiger partial charge on any atom is -0.348 e. The molecule has 0 saturated heterocycles. The Labute approximate surface area is 128 Å². The molecule has 0 amide bonds. The summed E-state index contributed by atoms with van der Waals surface area (Å²) in [4.78, 5) is 8.74. The lowest BCUT2D eigenvalue weighted by Crippen LogP contribution is -2.28. The molecule has 1 rings (SSSR count). The van der Waals surface area contributed by atoms with Gasteiger partial charge in [0.25, 0.3) is 0 Å². The van der Waals surface area contributed by atoms with Crippen LogP contribution >= 0.6 is 11.3 Å². The van der Waals surface area contributed by atoms with Crippen LogP contribution in [0.15, 0.2) is 0 Å². The second kappa shape index (κ2) is 9.35. The predicted molar refractivity (Wildman–Crippen MR) is 90.8 cm³/mol. The van der Waals surface area contributed by atoms with E-state index in [4.69, 9.17) is 4.98 Å². The summed E-state index contributed by atoms with van der Waals surface area (Å²) < 4.78 is 0. The van der Waals surface area contributed by atoms with Gasteiger partial charge in [0.1, 0.15) is 0 Å². The van der Waals surface area contributed by atoms with Crippen LogP contribution in [0.3, 0.4) is 0 Å². The van der Waals surface area contributed by atoms with Crippen molar-refractivity contribution in [3.63, 3.8) is 0 Å². The highest BCUT2D eigenvalue weighted by molar-refractivity contribution is 7.15. The van der Waals surface area contributed by atoms with Crippen LogP contribution in [0.1, 0.15) is 58.0 Å². The third-order valence-corrected chi connectivity index (χ3v) is 5.08. The zero-order valence-electron chi connectivity index (χ0n) is 13.8. The lowest BCUT2D eigenvalue weighted by atomic mass is 10.0. The van der Waals surface area contributed by atoms with Gasteiger partial charge in [-0.25, -0.2) is 4.98 Å². The SMILES string of the molecule is CCNCc1sc(N(CC)CC(CC)CC)nc1CC. The molecule has 0 saturated carbocycles. The average Bonchev–Trinajstić information content (AvgIpc) is 2.89. The molecule has 0 bridgehead atoms. The van der Waals surface area contributed by atoms with Crippen molar-refractivity contribution in [2.75, 3.05) is 24.5 Å². The van der Waals surface area contributed by atoms with Crippen LogP contribution in [0, 0.1) is 5.92 Å². The van der Waals surface area contributed by atoms with Gasteiger partial charge in [0.15, 0.2) is 5.13 Å². The number of hydrogen-bond acceptors (Lipinski definition) is 4. The lowest BCUT2D eigenvalue weighted by Gasteiger charge is -2.24. The summed E-state index contributed by atoms with van der Waals surface area (Å²) in [6.45, 7) is 15.3. The van der Waals surface area contributed by atoms with Crippen LogP contribution in [0.5, 0.6) is 0 Å². The number of nitrogens with zero attached hydrogens (tertiary/aromatic N) is 2. The normalized spacial score (nSPS) is 11.3. The van der Waals surface area contributed by atoms with Gasteiger partial charge in [0.2, 0.25) is 0 Å². The van der Waals surface area contributed by atoms with Crippen LogP contribution in [0.2, 0.25) is 0 Å². The molecular weight excluding hydrogens is 266 g/mol. The molecule has 0 aromatic carbocycles. The van der Waals surface area contributed by atoms with E-state index in [-0.39, 0.29) is 0 Å². The van der Waals surface area contributed by atoms with Gasteiger partial charge in [-0.2, -0.15) is 0 Å². The molecule has 0 aliphatic heterocycles. The number of nitrogens with one attached hydrogen (secondary N) is 1. The standard InChI is InChI=1S/C16H31N3S/c1-6-13(7-2)12-19(10-5)16-18-14(8-3)15(20-16)11-17-9-4/h13,17H,6-12H2,1-5H3. The van der Waals surface area contributed by atoms with Gasteiger partial charge in [0, 0.05) is 24.5 Å². The Hall–Kier alpha value is -0.610. The first-order valence-electron chi connectivity index (χ1n) is 8.14. The van der Waals surface area contributed by atoms with Crippen molar-refractivity contribution in [1.29, 1.82) is 0 Å². The van der Waals surface area contributed by atoms with Crippen molar-refractivity contribution >= 4 is 16.5 Å². The maximum Gasteiger partial charge on any atom is 0.185 e. The summed E-state index contributed by atoms with van der Waals surface area (Å²) in [6, 6.07) is 0. The summed E-state index contributed by atoms with van der Waals surface area (Å²) in [7, 11) is 0. The molecule has 0 unspecified atom stereocenters. The number of rotatable bonds is 10. The molecule has 1 heterocycles. The van der Waals surface area contributed by atoms with E-state index in [1.807, 2.05) is 11.3 Å². The van der Waals surface area contributed by atoms with E-state index in [0.29, 0.717) is 0 Å². The quantitative estimate of drug-likeness (QED) is 0.705. The van der Waals surface area contributed by atoms with Crippen molar-refractivity contribution < 1.29 is 0 Å². The fourth-order valence-corrected chi connectivity index (χ4v) is 3.55. The van der Waals surface area contributed by atoms with Crippen LogP contribution in [-0.2, 0) is 13.0 Å². The first-order chi connectivity index (χ1) is 9.69. The van der Waals surface area contributed by atoms with Crippen molar-refractivity contribution in [3.05, 3.63) is 10.6 Å². The largest absolute Gasteiger partial charge is 0.348 e. The Bertz CT molecular complexity index is 372. The topological polar surface area (TPSA) is 28.2 Å². The Kier molecular flexibility index (Phi) is 8.15. The molecule has 116 valence electrons. The monoisotopic (exact) mass is 297 g/mol. The third-order valence-electron chi connectivity index (χ3n) is 3.92. The van der Waals surface area contributed by atoms with E-state index in [1.165, 1.54) is 28.5 Å². The highest BCUT2D eigenvalue weighted by Gasteiger charge is 2.16. The Morgan fingerprint density at radius 2 is 1.85 bits per heavy atom. The van der Waals surface area contributed by atoms with E-state index in [0.717, 1.165) is 38.5 Å². The fraction of sp³-hybridized carbons (Fsp3) is 0.812. The predicted octanol–water partition coefficient (Wildman–Crippen LogP) is 4.08. The highest BCUT2D eigenvalue weighted by atomic mass is 32.1. The number of anilines is 1. The van der Waals surface area contributed by atoms with Crippen LogP contribution < -0.4 is 10.2 Å². The summed E-state index contributed by atoms with van der Waals surface area (Å²) in [6.07, 6.45) is 3.53. The van der Waals surface area contributed by atoms with E-state index in [2.05, 4.69) is 44.8 Å². The minimum atomic E-state index is 0.779. The molecule has 3 nitrogen and oxygen atoms in total. The molecule has 1 N–H and O–H groups in total. The van der Waals surface area contributed by atoms with Gasteiger partial charge >= 0.3 is 0 Å². The maximum atomic E-state index is 4.88. The van der Waals surface area contributed by atoms with E-state index in [9.17, 15) is 0 Å².